The largest absolute Gasteiger partial charge is 0.270 e. The van der Waals surface area contributed by atoms with E-state index in [1.54, 1.807) is 23.5 Å². The summed E-state index contributed by atoms with van der Waals surface area (Å²) in [5.41, 5.74) is 4.35. The number of amides is 1. The highest BCUT2D eigenvalue weighted by atomic mass is 32.2. The zero-order valence-corrected chi connectivity index (χ0v) is 15.6. The Bertz CT molecular complexity index is 527. The molecule has 1 unspecified atom stereocenters. The molecule has 1 aliphatic heterocycles. The summed E-state index contributed by atoms with van der Waals surface area (Å²) in [6.07, 6.45) is 11.9. The number of hydrogen-bond donors (Lipinski definition) is 1. The van der Waals surface area contributed by atoms with Crippen molar-refractivity contribution in [2.75, 3.05) is 12.5 Å². The zero-order valence-electron chi connectivity index (χ0n) is 14.0. The summed E-state index contributed by atoms with van der Waals surface area (Å²) in [7, 11) is 0. The predicted octanol–water partition coefficient (Wildman–Crippen LogP) is 4.37. The van der Waals surface area contributed by atoms with Gasteiger partial charge in [-0.25, -0.2) is 10.4 Å². The standard InChI is InChI=1S/C18H26N2OS2/c1-22-18(23-2)13-16(14-9-5-3-6-10-14)19-20(18)17(21)15-11-7-4-8-12-15/h4,7-8,11-12,14,16,19H,3,5-6,9-10,13H2,1-2H3. The highest BCUT2D eigenvalue weighted by Crippen LogP contribution is 2.47. The Morgan fingerprint density at radius 2 is 1.78 bits per heavy atom. The van der Waals surface area contributed by atoms with Crippen molar-refractivity contribution < 1.29 is 4.79 Å². The van der Waals surface area contributed by atoms with Crippen molar-refractivity contribution in [2.24, 2.45) is 5.92 Å². The van der Waals surface area contributed by atoms with Gasteiger partial charge in [0.1, 0.15) is 0 Å². The maximum atomic E-state index is 13.0. The van der Waals surface area contributed by atoms with E-state index in [-0.39, 0.29) is 10.1 Å². The van der Waals surface area contributed by atoms with Crippen molar-refractivity contribution in [1.82, 2.24) is 10.4 Å². The fraction of sp³-hybridized carbons (Fsp3) is 0.611. The molecule has 3 rings (SSSR count). The van der Waals surface area contributed by atoms with E-state index < -0.39 is 0 Å². The van der Waals surface area contributed by atoms with Gasteiger partial charge >= 0.3 is 0 Å². The molecular weight excluding hydrogens is 324 g/mol. The van der Waals surface area contributed by atoms with Crippen LogP contribution >= 0.6 is 23.5 Å². The van der Waals surface area contributed by atoms with Crippen LogP contribution in [-0.4, -0.2) is 33.7 Å². The van der Waals surface area contributed by atoms with Gasteiger partial charge in [-0.05, 0) is 43.4 Å². The molecule has 1 aromatic carbocycles. The fourth-order valence-corrected chi connectivity index (χ4v) is 5.84. The zero-order chi connectivity index (χ0) is 16.3. The van der Waals surface area contributed by atoms with Gasteiger partial charge in [0.05, 0.1) is 0 Å². The van der Waals surface area contributed by atoms with Gasteiger partial charge in [0.15, 0.2) is 4.20 Å². The summed E-state index contributed by atoms with van der Waals surface area (Å²) in [6, 6.07) is 10.0. The van der Waals surface area contributed by atoms with Crippen molar-refractivity contribution in [3.63, 3.8) is 0 Å². The van der Waals surface area contributed by atoms with Crippen molar-refractivity contribution in [1.29, 1.82) is 0 Å². The average Bonchev–Trinajstić information content (AvgIpc) is 3.03. The van der Waals surface area contributed by atoms with Crippen LogP contribution in [0.1, 0.15) is 48.9 Å². The van der Waals surface area contributed by atoms with E-state index in [4.69, 9.17) is 0 Å². The van der Waals surface area contributed by atoms with Crippen LogP contribution in [-0.2, 0) is 0 Å². The Balaban J connectivity index is 1.83. The number of rotatable bonds is 4. The quantitative estimate of drug-likeness (QED) is 0.818. The first-order valence-corrected chi connectivity index (χ1v) is 10.9. The van der Waals surface area contributed by atoms with Crippen LogP contribution in [0.25, 0.3) is 0 Å². The van der Waals surface area contributed by atoms with E-state index in [9.17, 15) is 4.79 Å². The number of carbonyl (C=O) groups excluding carboxylic acids is 1. The first-order valence-electron chi connectivity index (χ1n) is 8.46. The van der Waals surface area contributed by atoms with E-state index in [1.165, 1.54) is 32.1 Å². The Hall–Kier alpha value is -0.650. The highest BCUT2D eigenvalue weighted by Gasteiger charge is 2.49. The Labute approximate surface area is 147 Å². The Morgan fingerprint density at radius 3 is 2.39 bits per heavy atom. The Morgan fingerprint density at radius 1 is 1.13 bits per heavy atom. The van der Waals surface area contributed by atoms with E-state index in [2.05, 4.69) is 17.9 Å². The van der Waals surface area contributed by atoms with E-state index in [1.807, 2.05) is 35.3 Å². The number of hydrazine groups is 1. The molecule has 1 atom stereocenters. The minimum absolute atomic E-state index is 0.0904. The molecule has 1 aromatic rings. The predicted molar refractivity (Wildman–Crippen MR) is 100 cm³/mol. The molecule has 1 heterocycles. The van der Waals surface area contributed by atoms with E-state index >= 15 is 0 Å². The van der Waals surface area contributed by atoms with Crippen LogP contribution in [0.15, 0.2) is 30.3 Å². The third-order valence-electron chi connectivity index (χ3n) is 5.19. The molecule has 0 spiro atoms. The SMILES string of the molecule is CSC1(SC)CC(C2CCCCC2)NN1C(=O)c1ccccc1. The van der Waals surface area contributed by atoms with Crippen LogP contribution in [0.5, 0.6) is 0 Å². The summed E-state index contributed by atoms with van der Waals surface area (Å²) < 4.78 is -0.199. The molecule has 0 radical (unpaired) electrons. The summed E-state index contributed by atoms with van der Waals surface area (Å²) in [4.78, 5) is 13.0. The minimum Gasteiger partial charge on any atom is -0.268 e. The van der Waals surface area contributed by atoms with Gasteiger partial charge in [-0.2, -0.15) is 0 Å². The lowest BCUT2D eigenvalue weighted by atomic mass is 9.83. The van der Waals surface area contributed by atoms with Crippen LogP contribution in [0, 0.1) is 5.92 Å². The molecule has 2 fully saturated rings. The van der Waals surface area contributed by atoms with Crippen LogP contribution in [0.3, 0.4) is 0 Å². The van der Waals surface area contributed by atoms with Crippen LogP contribution < -0.4 is 5.43 Å². The number of nitrogens with one attached hydrogen (secondary N) is 1. The van der Waals surface area contributed by atoms with Crippen molar-refractivity contribution in [3.05, 3.63) is 35.9 Å². The minimum atomic E-state index is -0.199. The van der Waals surface area contributed by atoms with Crippen molar-refractivity contribution in [3.8, 4) is 0 Å². The third kappa shape index (κ3) is 3.42. The first kappa shape index (κ1) is 17.2. The maximum absolute atomic E-state index is 13.0. The molecule has 3 nitrogen and oxygen atoms in total. The second kappa shape index (κ2) is 7.49. The Kier molecular flexibility index (Phi) is 5.60. The summed E-state index contributed by atoms with van der Waals surface area (Å²) in [5, 5.41) is 1.91. The first-order chi connectivity index (χ1) is 11.2. The molecule has 1 N–H and O–H groups in total. The van der Waals surface area contributed by atoms with Crippen LogP contribution in [0.2, 0.25) is 0 Å². The highest BCUT2D eigenvalue weighted by molar-refractivity contribution is 8.17. The third-order valence-corrected chi connectivity index (χ3v) is 8.17. The maximum Gasteiger partial charge on any atom is 0.270 e. The van der Waals surface area contributed by atoms with Gasteiger partial charge in [0.25, 0.3) is 5.91 Å². The van der Waals surface area contributed by atoms with Gasteiger partial charge in [0, 0.05) is 18.0 Å². The number of thioether (sulfide) groups is 2. The molecule has 2 aliphatic rings. The number of benzene rings is 1. The summed E-state index contributed by atoms with van der Waals surface area (Å²) in [5.74, 6) is 0.795. The van der Waals surface area contributed by atoms with Gasteiger partial charge in [-0.3, -0.25) is 4.79 Å². The molecule has 126 valence electrons. The normalized spacial score (nSPS) is 24.8. The van der Waals surface area contributed by atoms with Gasteiger partial charge in [-0.15, -0.1) is 23.5 Å². The van der Waals surface area contributed by atoms with E-state index in [0.29, 0.717) is 12.0 Å². The number of hydrogen-bond acceptors (Lipinski definition) is 4. The molecule has 0 bridgehead atoms. The lowest BCUT2D eigenvalue weighted by Gasteiger charge is -2.34. The summed E-state index contributed by atoms with van der Waals surface area (Å²) >= 11 is 3.57. The molecule has 1 aliphatic carbocycles. The number of carbonyl (C=O) groups is 1. The fourth-order valence-electron chi connectivity index (χ4n) is 3.84. The molecule has 1 saturated heterocycles. The van der Waals surface area contributed by atoms with Gasteiger partial charge < -0.3 is 0 Å². The summed E-state index contributed by atoms with van der Waals surface area (Å²) in [6.45, 7) is 0. The molecule has 0 aromatic heterocycles. The van der Waals surface area contributed by atoms with Gasteiger partial charge in [0.2, 0.25) is 0 Å². The lowest BCUT2D eigenvalue weighted by Crippen LogP contribution is -2.49. The molecule has 5 heteroatoms. The lowest BCUT2D eigenvalue weighted by molar-refractivity contribution is 0.0661. The molecule has 23 heavy (non-hydrogen) atoms. The molecule has 1 saturated carbocycles. The molecular formula is C18H26N2OS2. The molecule has 1 amide bonds. The van der Waals surface area contributed by atoms with Crippen molar-refractivity contribution >= 4 is 29.4 Å². The second-order valence-corrected chi connectivity index (χ2v) is 8.89. The van der Waals surface area contributed by atoms with Crippen LogP contribution in [0.4, 0.5) is 0 Å². The van der Waals surface area contributed by atoms with Gasteiger partial charge in [-0.1, -0.05) is 37.5 Å². The second-order valence-electron chi connectivity index (χ2n) is 6.47. The smallest absolute Gasteiger partial charge is 0.268 e. The topological polar surface area (TPSA) is 32.3 Å². The van der Waals surface area contributed by atoms with E-state index in [0.717, 1.165) is 12.0 Å². The monoisotopic (exact) mass is 350 g/mol. The average molecular weight is 351 g/mol. The van der Waals surface area contributed by atoms with Crippen molar-refractivity contribution in [2.45, 2.75) is 48.8 Å². The number of nitrogens with zero attached hydrogens (tertiary/aromatic N) is 1.